The van der Waals surface area contributed by atoms with E-state index < -0.39 is 0 Å². The van der Waals surface area contributed by atoms with Crippen molar-refractivity contribution < 1.29 is 0 Å². The number of aryl methyl sites for hydroxylation is 1. The zero-order valence-corrected chi connectivity index (χ0v) is 16.1. The second-order valence-corrected chi connectivity index (χ2v) is 8.07. The lowest BCUT2D eigenvalue weighted by atomic mass is 9.77. The van der Waals surface area contributed by atoms with Gasteiger partial charge < -0.3 is 4.90 Å². The number of allylic oxidation sites excluding steroid dienone is 1. The summed E-state index contributed by atoms with van der Waals surface area (Å²) in [4.78, 5) is 12.1. The molecular formula is C19H28BrN3. The predicted octanol–water partition coefficient (Wildman–Crippen LogP) is 5.52. The summed E-state index contributed by atoms with van der Waals surface area (Å²) in [6.45, 7) is 10.7. The van der Waals surface area contributed by atoms with Gasteiger partial charge in [-0.25, -0.2) is 9.97 Å². The molecule has 1 saturated heterocycles. The molecule has 1 spiro atoms. The van der Waals surface area contributed by atoms with Crippen molar-refractivity contribution in [3.63, 3.8) is 0 Å². The number of hydrogen-bond acceptors (Lipinski definition) is 3. The maximum atomic E-state index is 4.87. The first kappa shape index (κ1) is 16.9. The third kappa shape index (κ3) is 3.47. The molecule has 0 unspecified atom stereocenters. The van der Waals surface area contributed by atoms with E-state index in [1.165, 1.54) is 38.5 Å². The van der Waals surface area contributed by atoms with Gasteiger partial charge in [0.1, 0.15) is 10.3 Å². The number of anilines is 1. The van der Waals surface area contributed by atoms with E-state index in [-0.39, 0.29) is 0 Å². The van der Waals surface area contributed by atoms with Crippen LogP contribution < -0.4 is 4.90 Å². The van der Waals surface area contributed by atoms with Crippen molar-refractivity contribution >= 4 is 27.3 Å². The average molecular weight is 378 g/mol. The van der Waals surface area contributed by atoms with Crippen molar-refractivity contribution in [2.45, 2.75) is 65.2 Å². The molecule has 23 heavy (non-hydrogen) atoms. The Morgan fingerprint density at radius 3 is 2.43 bits per heavy atom. The zero-order chi connectivity index (χ0) is 16.4. The Morgan fingerprint density at radius 1 is 1.17 bits per heavy atom. The standard InChI is InChI=1S/C19H28BrN3/c1-4-7-14(2)16-18(21-15(3)17(20)22-16)23-12-10-19(11-13-23)8-5-6-9-19/h2,4-13H2,1,3H3. The highest BCUT2D eigenvalue weighted by molar-refractivity contribution is 9.10. The molecule has 126 valence electrons. The predicted molar refractivity (Wildman–Crippen MR) is 101 cm³/mol. The first-order valence-electron chi connectivity index (χ1n) is 9.02. The van der Waals surface area contributed by atoms with E-state index in [9.17, 15) is 0 Å². The molecule has 3 nitrogen and oxygen atoms in total. The quantitative estimate of drug-likeness (QED) is 0.691. The third-order valence-electron chi connectivity index (χ3n) is 5.67. The Hall–Kier alpha value is -0.900. The lowest BCUT2D eigenvalue weighted by Gasteiger charge is -2.40. The Bertz CT molecular complexity index is 581. The van der Waals surface area contributed by atoms with Crippen molar-refractivity contribution in [3.8, 4) is 0 Å². The van der Waals surface area contributed by atoms with Crippen LogP contribution in [0.3, 0.4) is 0 Å². The van der Waals surface area contributed by atoms with Crippen molar-refractivity contribution in [2.24, 2.45) is 5.41 Å². The molecule has 0 N–H and O–H groups in total. The normalized spacial score (nSPS) is 20.2. The number of nitrogens with zero attached hydrogens (tertiary/aromatic N) is 3. The second kappa shape index (κ2) is 6.92. The molecule has 0 bridgehead atoms. The van der Waals surface area contributed by atoms with Crippen molar-refractivity contribution in [2.75, 3.05) is 18.0 Å². The fraction of sp³-hybridized carbons (Fsp3) is 0.684. The largest absolute Gasteiger partial charge is 0.355 e. The minimum Gasteiger partial charge on any atom is -0.355 e. The van der Waals surface area contributed by atoms with E-state index in [0.717, 1.165) is 53.3 Å². The van der Waals surface area contributed by atoms with Gasteiger partial charge in [-0.05, 0) is 65.9 Å². The maximum absolute atomic E-state index is 4.87. The number of piperidine rings is 1. The average Bonchev–Trinajstić information content (AvgIpc) is 2.99. The summed E-state index contributed by atoms with van der Waals surface area (Å²) in [5.74, 6) is 1.05. The maximum Gasteiger partial charge on any atom is 0.155 e. The van der Waals surface area contributed by atoms with E-state index in [1.54, 1.807) is 0 Å². The van der Waals surface area contributed by atoms with Crippen LogP contribution in [0.5, 0.6) is 0 Å². The molecule has 1 aliphatic heterocycles. The van der Waals surface area contributed by atoms with Gasteiger partial charge in [0.25, 0.3) is 0 Å². The van der Waals surface area contributed by atoms with Gasteiger partial charge in [0, 0.05) is 13.1 Å². The summed E-state index contributed by atoms with van der Waals surface area (Å²) in [6, 6.07) is 0. The van der Waals surface area contributed by atoms with Gasteiger partial charge in [-0.1, -0.05) is 32.8 Å². The number of aromatic nitrogens is 2. The van der Waals surface area contributed by atoms with Crippen molar-refractivity contribution in [1.29, 1.82) is 0 Å². The molecule has 1 aromatic heterocycles. The summed E-state index contributed by atoms with van der Waals surface area (Å²) in [5, 5.41) is 0. The molecular weight excluding hydrogens is 350 g/mol. The Kier molecular flexibility index (Phi) is 5.10. The van der Waals surface area contributed by atoms with Crippen LogP contribution in [-0.4, -0.2) is 23.1 Å². The molecule has 0 amide bonds. The molecule has 0 radical (unpaired) electrons. The molecule has 1 saturated carbocycles. The van der Waals surface area contributed by atoms with Gasteiger partial charge in [-0.3, -0.25) is 0 Å². The van der Waals surface area contributed by atoms with Gasteiger partial charge in [0.15, 0.2) is 5.82 Å². The van der Waals surface area contributed by atoms with Crippen LogP contribution in [0.15, 0.2) is 11.2 Å². The molecule has 2 fully saturated rings. The van der Waals surface area contributed by atoms with Crippen LogP contribution in [0.25, 0.3) is 5.57 Å². The fourth-order valence-corrected chi connectivity index (χ4v) is 4.45. The molecule has 1 aliphatic carbocycles. The summed E-state index contributed by atoms with van der Waals surface area (Å²) < 4.78 is 0.845. The monoisotopic (exact) mass is 377 g/mol. The smallest absolute Gasteiger partial charge is 0.155 e. The first-order chi connectivity index (χ1) is 11.0. The fourth-order valence-electron chi connectivity index (χ4n) is 4.18. The van der Waals surface area contributed by atoms with Gasteiger partial charge in [0.2, 0.25) is 0 Å². The topological polar surface area (TPSA) is 29.0 Å². The van der Waals surface area contributed by atoms with Crippen LogP contribution in [0.1, 0.15) is 69.7 Å². The van der Waals surface area contributed by atoms with Gasteiger partial charge in [-0.15, -0.1) is 0 Å². The molecule has 2 aliphatic rings. The lowest BCUT2D eigenvalue weighted by Crippen LogP contribution is -2.40. The highest BCUT2D eigenvalue weighted by Crippen LogP contribution is 2.47. The summed E-state index contributed by atoms with van der Waals surface area (Å²) in [5.41, 5.74) is 3.70. The van der Waals surface area contributed by atoms with E-state index in [0.29, 0.717) is 5.41 Å². The SMILES string of the molecule is C=C(CCC)c1nc(Br)c(C)nc1N1CCC2(CCCC2)CC1. The van der Waals surface area contributed by atoms with Crippen LogP contribution in [-0.2, 0) is 0 Å². The van der Waals surface area contributed by atoms with E-state index in [4.69, 9.17) is 9.97 Å². The minimum absolute atomic E-state index is 0.634. The molecule has 2 heterocycles. The lowest BCUT2D eigenvalue weighted by molar-refractivity contribution is 0.226. The molecule has 0 atom stereocenters. The first-order valence-corrected chi connectivity index (χ1v) is 9.81. The Balaban J connectivity index is 1.84. The van der Waals surface area contributed by atoms with E-state index >= 15 is 0 Å². The number of hydrogen-bond donors (Lipinski definition) is 0. The third-order valence-corrected chi connectivity index (χ3v) is 6.42. The Labute approximate surface area is 148 Å². The second-order valence-electron chi connectivity index (χ2n) is 7.32. The van der Waals surface area contributed by atoms with Gasteiger partial charge in [0.05, 0.1) is 5.69 Å². The highest BCUT2D eigenvalue weighted by atomic mass is 79.9. The summed E-state index contributed by atoms with van der Waals surface area (Å²) in [7, 11) is 0. The molecule has 4 heteroatoms. The Morgan fingerprint density at radius 2 is 1.83 bits per heavy atom. The van der Waals surface area contributed by atoms with E-state index in [1.807, 2.05) is 6.92 Å². The number of rotatable bonds is 4. The molecule has 1 aromatic rings. The van der Waals surface area contributed by atoms with Crippen molar-refractivity contribution in [1.82, 2.24) is 9.97 Å². The molecule has 3 rings (SSSR count). The van der Waals surface area contributed by atoms with Gasteiger partial charge in [-0.2, -0.15) is 0 Å². The van der Waals surface area contributed by atoms with Crippen molar-refractivity contribution in [3.05, 3.63) is 22.6 Å². The zero-order valence-electron chi connectivity index (χ0n) is 14.5. The summed E-state index contributed by atoms with van der Waals surface area (Å²) in [6.07, 6.45) is 10.4. The highest BCUT2D eigenvalue weighted by Gasteiger charge is 2.37. The summed E-state index contributed by atoms with van der Waals surface area (Å²) >= 11 is 3.54. The van der Waals surface area contributed by atoms with Crippen LogP contribution in [0.2, 0.25) is 0 Å². The number of halogens is 1. The van der Waals surface area contributed by atoms with Crippen LogP contribution >= 0.6 is 15.9 Å². The minimum atomic E-state index is 0.634. The van der Waals surface area contributed by atoms with Gasteiger partial charge >= 0.3 is 0 Å². The van der Waals surface area contributed by atoms with Crippen LogP contribution in [0, 0.1) is 12.3 Å². The van der Waals surface area contributed by atoms with E-state index in [2.05, 4.69) is 34.3 Å². The molecule has 0 aromatic carbocycles. The van der Waals surface area contributed by atoms with Crippen LogP contribution in [0.4, 0.5) is 5.82 Å².